The Bertz CT molecular complexity index is 619. The Labute approximate surface area is 126 Å². The first-order chi connectivity index (χ1) is 9.40. The molecular formula is C12H17N5OS2. The first-order valence-corrected chi connectivity index (χ1v) is 7.64. The Morgan fingerprint density at radius 1 is 1.40 bits per heavy atom. The molecule has 8 heteroatoms. The Kier molecular flexibility index (Phi) is 4.24. The van der Waals surface area contributed by atoms with Gasteiger partial charge in [-0.1, -0.05) is 0 Å². The number of nitrogens with zero attached hydrogens (tertiary/aromatic N) is 4. The molecule has 6 nitrogen and oxygen atoms in total. The first kappa shape index (κ1) is 14.7. The van der Waals surface area contributed by atoms with Gasteiger partial charge in [0.15, 0.2) is 0 Å². The Hall–Kier alpha value is -1.67. The van der Waals surface area contributed by atoms with E-state index in [0.29, 0.717) is 5.82 Å². The van der Waals surface area contributed by atoms with Crippen LogP contribution in [0.15, 0.2) is 5.38 Å². The van der Waals surface area contributed by atoms with E-state index in [4.69, 9.17) is 5.73 Å². The van der Waals surface area contributed by atoms with Gasteiger partial charge >= 0.3 is 0 Å². The van der Waals surface area contributed by atoms with Crippen LogP contribution in [0.3, 0.4) is 0 Å². The highest BCUT2D eigenvalue weighted by molar-refractivity contribution is 7.15. The summed E-state index contributed by atoms with van der Waals surface area (Å²) < 4.78 is 4.19. The highest BCUT2D eigenvalue weighted by Crippen LogP contribution is 2.40. The van der Waals surface area contributed by atoms with Gasteiger partial charge in [0.25, 0.3) is 0 Å². The van der Waals surface area contributed by atoms with Crippen LogP contribution in [0.4, 0.5) is 10.8 Å². The number of aryl methyl sites for hydroxylation is 1. The average Bonchev–Trinajstić information content (AvgIpc) is 2.94. The molecule has 0 unspecified atom stereocenters. The zero-order chi connectivity index (χ0) is 14.9. The number of likely N-dealkylation sites (N-methyl/N-ethyl adjacent to an activating group) is 2. The normalized spacial score (nSPS) is 10.6. The van der Waals surface area contributed by atoms with Gasteiger partial charge in [0.2, 0.25) is 5.91 Å². The molecule has 0 radical (unpaired) electrons. The van der Waals surface area contributed by atoms with E-state index in [-0.39, 0.29) is 12.5 Å². The number of anilines is 2. The average molecular weight is 311 g/mol. The maximum atomic E-state index is 11.8. The van der Waals surface area contributed by atoms with Crippen molar-refractivity contribution in [3.05, 3.63) is 11.1 Å². The van der Waals surface area contributed by atoms with E-state index in [1.165, 1.54) is 22.9 Å². The van der Waals surface area contributed by atoms with Crippen molar-refractivity contribution in [2.24, 2.45) is 0 Å². The molecule has 0 spiro atoms. The van der Waals surface area contributed by atoms with Gasteiger partial charge in [-0.15, -0.1) is 11.3 Å². The van der Waals surface area contributed by atoms with Crippen LogP contribution in [0.5, 0.6) is 0 Å². The molecule has 0 aromatic carbocycles. The number of hydrogen-bond acceptors (Lipinski definition) is 7. The predicted molar refractivity (Wildman–Crippen MR) is 84.3 cm³/mol. The number of rotatable bonds is 4. The highest BCUT2D eigenvalue weighted by Gasteiger charge is 2.21. The monoisotopic (exact) mass is 311 g/mol. The van der Waals surface area contributed by atoms with E-state index in [1.807, 2.05) is 24.3 Å². The summed E-state index contributed by atoms with van der Waals surface area (Å²) in [6, 6.07) is 0. The third-order valence-electron chi connectivity index (χ3n) is 2.75. The second kappa shape index (κ2) is 5.76. The number of carbonyl (C=O) groups excluding carboxylic acids is 1. The van der Waals surface area contributed by atoms with Crippen LogP contribution in [0.2, 0.25) is 0 Å². The third-order valence-corrected chi connectivity index (χ3v) is 4.71. The van der Waals surface area contributed by atoms with Gasteiger partial charge in [0, 0.05) is 32.2 Å². The molecule has 1 amide bonds. The van der Waals surface area contributed by atoms with Crippen LogP contribution in [-0.2, 0) is 4.79 Å². The molecule has 0 aliphatic rings. The SMILES string of the molecule is Cc1csc(-c2c(N)nsc2N(C)CC(=O)N(C)C)n1. The number of thiazole rings is 1. The lowest BCUT2D eigenvalue weighted by Gasteiger charge is -2.19. The summed E-state index contributed by atoms with van der Waals surface area (Å²) in [5.74, 6) is 0.490. The molecule has 2 aromatic heterocycles. The van der Waals surface area contributed by atoms with Crippen LogP contribution in [0.1, 0.15) is 5.69 Å². The molecule has 0 bridgehead atoms. The van der Waals surface area contributed by atoms with Crippen molar-refractivity contribution in [1.29, 1.82) is 0 Å². The van der Waals surface area contributed by atoms with Crippen molar-refractivity contribution < 1.29 is 4.79 Å². The summed E-state index contributed by atoms with van der Waals surface area (Å²) in [7, 11) is 5.34. The molecule has 2 aromatic rings. The molecule has 0 fully saturated rings. The highest BCUT2D eigenvalue weighted by atomic mass is 32.1. The molecule has 108 valence electrons. The van der Waals surface area contributed by atoms with Gasteiger partial charge in [0.05, 0.1) is 12.1 Å². The van der Waals surface area contributed by atoms with Gasteiger partial charge in [0.1, 0.15) is 15.8 Å². The summed E-state index contributed by atoms with van der Waals surface area (Å²) >= 11 is 2.82. The largest absolute Gasteiger partial charge is 0.382 e. The maximum absolute atomic E-state index is 11.8. The molecule has 0 aliphatic heterocycles. The van der Waals surface area contributed by atoms with Gasteiger partial charge in [-0.05, 0) is 18.5 Å². The fraction of sp³-hybridized carbons (Fsp3) is 0.417. The molecule has 0 saturated carbocycles. The van der Waals surface area contributed by atoms with Crippen LogP contribution in [0, 0.1) is 6.92 Å². The summed E-state index contributed by atoms with van der Waals surface area (Å²) in [6.45, 7) is 2.22. The Morgan fingerprint density at radius 2 is 2.10 bits per heavy atom. The fourth-order valence-corrected chi connectivity index (χ4v) is 3.33. The second-order valence-corrected chi connectivity index (χ2v) is 6.30. The minimum atomic E-state index is 0.0285. The predicted octanol–water partition coefficient (Wildman–Crippen LogP) is 1.68. The number of nitrogens with two attached hydrogens (primary N) is 1. The van der Waals surface area contributed by atoms with Crippen molar-refractivity contribution >= 4 is 39.6 Å². The van der Waals surface area contributed by atoms with E-state index in [9.17, 15) is 4.79 Å². The minimum Gasteiger partial charge on any atom is -0.382 e. The molecule has 2 rings (SSSR count). The van der Waals surface area contributed by atoms with Crippen molar-refractivity contribution in [3.8, 4) is 10.6 Å². The van der Waals surface area contributed by atoms with E-state index in [0.717, 1.165) is 21.3 Å². The molecule has 0 aliphatic carbocycles. The number of amides is 1. The molecule has 20 heavy (non-hydrogen) atoms. The zero-order valence-electron chi connectivity index (χ0n) is 11.9. The topological polar surface area (TPSA) is 75.3 Å². The van der Waals surface area contributed by atoms with E-state index in [1.54, 1.807) is 19.0 Å². The van der Waals surface area contributed by atoms with Crippen LogP contribution in [0.25, 0.3) is 10.6 Å². The maximum Gasteiger partial charge on any atom is 0.241 e. The van der Waals surface area contributed by atoms with Gasteiger partial charge < -0.3 is 15.5 Å². The van der Waals surface area contributed by atoms with Crippen LogP contribution >= 0.6 is 22.9 Å². The zero-order valence-corrected chi connectivity index (χ0v) is 13.5. The van der Waals surface area contributed by atoms with Crippen molar-refractivity contribution in [1.82, 2.24) is 14.3 Å². The molecule has 2 N–H and O–H groups in total. The van der Waals surface area contributed by atoms with Crippen LogP contribution in [-0.4, -0.2) is 47.9 Å². The Balaban J connectivity index is 2.31. The summed E-state index contributed by atoms with van der Waals surface area (Å²) in [5.41, 5.74) is 7.73. The lowest BCUT2D eigenvalue weighted by molar-refractivity contribution is -0.127. The molecule has 0 saturated heterocycles. The van der Waals surface area contributed by atoms with Gasteiger partial charge in [-0.3, -0.25) is 4.79 Å². The van der Waals surface area contributed by atoms with Crippen molar-refractivity contribution in [2.75, 3.05) is 38.3 Å². The summed E-state index contributed by atoms with van der Waals surface area (Å²) in [6.07, 6.45) is 0. The lowest BCUT2D eigenvalue weighted by atomic mass is 10.3. The summed E-state index contributed by atoms with van der Waals surface area (Å²) in [4.78, 5) is 19.7. The van der Waals surface area contributed by atoms with Gasteiger partial charge in [-0.2, -0.15) is 4.37 Å². The van der Waals surface area contributed by atoms with E-state index < -0.39 is 0 Å². The number of aromatic nitrogens is 2. The van der Waals surface area contributed by atoms with Gasteiger partial charge in [-0.25, -0.2) is 4.98 Å². The molecule has 2 heterocycles. The number of carbonyl (C=O) groups is 1. The Morgan fingerprint density at radius 3 is 2.65 bits per heavy atom. The van der Waals surface area contributed by atoms with Crippen LogP contribution < -0.4 is 10.6 Å². The molecule has 0 atom stereocenters. The quantitative estimate of drug-likeness (QED) is 0.930. The lowest BCUT2D eigenvalue weighted by Crippen LogP contribution is -2.34. The smallest absolute Gasteiger partial charge is 0.241 e. The van der Waals surface area contributed by atoms with Crippen molar-refractivity contribution in [3.63, 3.8) is 0 Å². The fourth-order valence-electron chi connectivity index (χ4n) is 1.64. The second-order valence-electron chi connectivity index (χ2n) is 4.69. The standard InChI is InChI=1S/C12H17N5OS2/c1-7-6-19-11(14-7)9-10(13)15-20-12(9)17(4)5-8(18)16(2)3/h6H,5H2,1-4H3,(H2,13,15). The third kappa shape index (κ3) is 2.91. The van der Waals surface area contributed by atoms with E-state index in [2.05, 4.69) is 9.36 Å². The summed E-state index contributed by atoms with van der Waals surface area (Å²) in [5, 5.41) is 3.68. The first-order valence-electron chi connectivity index (χ1n) is 5.99. The van der Waals surface area contributed by atoms with Crippen molar-refractivity contribution in [2.45, 2.75) is 6.92 Å². The number of hydrogen-bond donors (Lipinski definition) is 1. The van der Waals surface area contributed by atoms with E-state index >= 15 is 0 Å². The minimum absolute atomic E-state index is 0.0285. The molecular weight excluding hydrogens is 294 g/mol. The number of nitrogen functional groups attached to an aromatic ring is 1.